The van der Waals surface area contributed by atoms with Gasteiger partial charge in [0.25, 0.3) is 0 Å². The number of hydrogen-bond acceptors (Lipinski definition) is 8. The number of ether oxygens (including phenoxy) is 1. The van der Waals surface area contributed by atoms with Gasteiger partial charge in [0, 0.05) is 0 Å². The second kappa shape index (κ2) is 15.0. The molecule has 9 heteroatoms. The van der Waals surface area contributed by atoms with Crippen LogP contribution in [-0.2, 0) is 20.9 Å². The van der Waals surface area contributed by atoms with E-state index in [4.69, 9.17) is 4.74 Å². The summed E-state index contributed by atoms with van der Waals surface area (Å²) in [5.74, 6) is 1.30. The molecule has 0 unspecified atom stereocenters. The zero-order valence-corrected chi connectivity index (χ0v) is 31.4. The molecule has 2 aliphatic rings. The molecular weight excluding hydrogens is 657 g/mol. The number of nitrogens with one attached hydrogen (secondary N) is 2. The standard InChI is InChI=1S/C27H32N5O3.C5H12.3CH3.Sn/c1-27(2,3)35-24(34)18-32(17-23(33)20-12-8-13-20)16-19-9-7-14-22(15-19)26-30-28-25(29-31-26)21-10-5-4-6-11-21;1-5(2,3)4;;;;/h4-6,9-11,14-15,20H,8,12-13,16-18H2,1-3H3,(H,28,29)(H,30,31);1-4H3;3*1H3;. The van der Waals surface area contributed by atoms with Crippen molar-refractivity contribution in [1.29, 1.82) is 0 Å². The first kappa shape index (κ1) is 35.8. The van der Waals surface area contributed by atoms with E-state index in [2.05, 4.69) is 81.8 Å². The van der Waals surface area contributed by atoms with Crippen LogP contribution < -0.4 is 14.4 Å². The van der Waals surface area contributed by atoms with Crippen LogP contribution in [-0.4, -0.2) is 65.4 Å². The molecule has 1 aliphatic carbocycles. The molecule has 1 saturated carbocycles. The van der Waals surface area contributed by atoms with Crippen molar-refractivity contribution in [2.45, 2.75) is 94.7 Å². The minimum absolute atomic E-state index is 0.0690. The topological polar surface area (TPSA) is 95.4 Å². The van der Waals surface area contributed by atoms with Gasteiger partial charge in [-0.1, -0.05) is 27.7 Å². The number of nitrogens with zero attached hydrogens (tertiary/aromatic N) is 3. The average Bonchev–Trinajstić information content (AvgIpc) is 2.85. The predicted octanol–water partition coefficient (Wildman–Crippen LogP) is 6.01. The van der Waals surface area contributed by atoms with Gasteiger partial charge in [-0.3, -0.25) is 0 Å². The van der Waals surface area contributed by atoms with Gasteiger partial charge in [-0.05, 0) is 5.41 Å². The zero-order valence-electron chi connectivity index (χ0n) is 28.5. The molecule has 0 atom stereocenters. The van der Waals surface area contributed by atoms with Crippen LogP contribution in [0.4, 0.5) is 0 Å². The van der Waals surface area contributed by atoms with Crippen molar-refractivity contribution < 1.29 is 14.3 Å². The molecule has 0 radical (unpaired) electrons. The molecule has 0 amide bonds. The number of amidine groups is 2. The van der Waals surface area contributed by atoms with Crippen LogP contribution in [0.5, 0.6) is 0 Å². The predicted molar refractivity (Wildman–Crippen MR) is 184 cm³/mol. The third-order valence-corrected chi connectivity index (χ3v) is 12.6. The summed E-state index contributed by atoms with van der Waals surface area (Å²) in [6.07, 6.45) is 2.99. The van der Waals surface area contributed by atoms with E-state index in [1.807, 2.05) is 56.0 Å². The summed E-state index contributed by atoms with van der Waals surface area (Å²) < 4.78 is 6.93. The molecule has 0 aromatic heterocycles. The second-order valence-corrected chi connectivity index (χ2v) is 30.0. The summed E-state index contributed by atoms with van der Waals surface area (Å²) in [4.78, 5) is 34.8. The number of ketones is 1. The van der Waals surface area contributed by atoms with Crippen molar-refractivity contribution >= 4 is 45.4 Å². The Bertz CT molecular complexity index is 1340. The SMILES string of the molecule is CC(C)(C)C.CC(C)(C)OC(=O)CN(CC(=O)C1CCC1)Cc1cc(C2=NNC(c3ccccc3)=NN2)c[c]([Sn]([CH3])([CH3])[CH3])c1. The van der Waals surface area contributed by atoms with Crippen molar-refractivity contribution in [1.82, 2.24) is 15.8 Å². The van der Waals surface area contributed by atoms with Crippen molar-refractivity contribution in [2.24, 2.45) is 21.5 Å². The first-order valence-corrected chi connectivity index (χ1v) is 25.7. The summed E-state index contributed by atoms with van der Waals surface area (Å²) in [5.41, 5.74) is 9.04. The molecule has 2 aromatic carbocycles. The van der Waals surface area contributed by atoms with E-state index in [-0.39, 0.29) is 30.8 Å². The Morgan fingerprint density at radius 3 is 1.91 bits per heavy atom. The molecule has 240 valence electrons. The first-order valence-electron chi connectivity index (χ1n) is 15.7. The number of Topliss-reactive ketones (excluding diaryl/α,β-unsaturated/α-hetero) is 1. The van der Waals surface area contributed by atoms with E-state index in [0.29, 0.717) is 23.6 Å². The van der Waals surface area contributed by atoms with Crippen LogP contribution >= 0.6 is 0 Å². The molecular formula is C35H53N5O3Sn. The van der Waals surface area contributed by atoms with Crippen molar-refractivity contribution in [3.63, 3.8) is 0 Å². The van der Waals surface area contributed by atoms with Gasteiger partial charge < -0.3 is 0 Å². The van der Waals surface area contributed by atoms with Crippen LogP contribution in [0.2, 0.25) is 14.8 Å². The number of esters is 1. The summed E-state index contributed by atoms with van der Waals surface area (Å²) in [6, 6.07) is 16.4. The Labute approximate surface area is 269 Å². The van der Waals surface area contributed by atoms with E-state index in [1.165, 1.54) is 3.58 Å². The average molecular weight is 711 g/mol. The fraction of sp³-hybridized carbons (Fsp3) is 0.543. The molecule has 44 heavy (non-hydrogen) atoms. The first-order chi connectivity index (χ1) is 20.4. The second-order valence-electron chi connectivity index (χ2n) is 15.5. The zero-order chi connectivity index (χ0) is 32.7. The monoisotopic (exact) mass is 711 g/mol. The number of benzene rings is 2. The van der Waals surface area contributed by atoms with Gasteiger partial charge in [0.15, 0.2) is 0 Å². The number of carbonyl (C=O) groups is 2. The molecule has 2 N–H and O–H groups in total. The van der Waals surface area contributed by atoms with Crippen LogP contribution in [0.25, 0.3) is 0 Å². The van der Waals surface area contributed by atoms with Gasteiger partial charge in [-0.15, -0.1) is 0 Å². The van der Waals surface area contributed by atoms with Crippen LogP contribution in [0.3, 0.4) is 0 Å². The fourth-order valence-electron chi connectivity index (χ4n) is 4.54. The number of carbonyl (C=O) groups excluding carboxylic acids is 2. The minimum atomic E-state index is -2.51. The maximum atomic E-state index is 12.9. The van der Waals surface area contributed by atoms with E-state index in [0.717, 1.165) is 36.0 Å². The van der Waals surface area contributed by atoms with Gasteiger partial charge in [0.1, 0.15) is 0 Å². The van der Waals surface area contributed by atoms with Gasteiger partial charge >= 0.3 is 237 Å². The van der Waals surface area contributed by atoms with Gasteiger partial charge in [-0.25, -0.2) is 0 Å². The molecule has 0 spiro atoms. The van der Waals surface area contributed by atoms with Crippen LogP contribution in [0, 0.1) is 11.3 Å². The molecule has 8 nitrogen and oxygen atoms in total. The van der Waals surface area contributed by atoms with Gasteiger partial charge in [-0.2, -0.15) is 0 Å². The summed E-state index contributed by atoms with van der Waals surface area (Å²) in [7, 11) is 0. The van der Waals surface area contributed by atoms with Crippen molar-refractivity contribution in [3.05, 3.63) is 65.2 Å². The Morgan fingerprint density at radius 1 is 0.864 bits per heavy atom. The molecule has 1 aliphatic heterocycles. The summed E-state index contributed by atoms with van der Waals surface area (Å²) in [5, 5.41) is 9.10. The van der Waals surface area contributed by atoms with E-state index in [1.54, 1.807) is 0 Å². The Balaban J connectivity index is 0.000000978. The number of hydrazone groups is 2. The molecule has 1 fully saturated rings. The maximum absolute atomic E-state index is 12.9. The quantitative estimate of drug-likeness (QED) is 0.232. The Morgan fingerprint density at radius 2 is 1.43 bits per heavy atom. The Hall–Kier alpha value is -2.72. The van der Waals surface area contributed by atoms with Crippen molar-refractivity contribution in [2.75, 3.05) is 13.1 Å². The fourth-order valence-corrected chi connectivity index (χ4v) is 7.98. The van der Waals surface area contributed by atoms with Crippen molar-refractivity contribution in [3.8, 4) is 0 Å². The van der Waals surface area contributed by atoms with E-state index in [9.17, 15) is 9.59 Å². The van der Waals surface area contributed by atoms with Crippen LogP contribution in [0.1, 0.15) is 84.4 Å². The number of hydrogen-bond donors (Lipinski definition) is 2. The Kier molecular flexibility index (Phi) is 12.2. The van der Waals surface area contributed by atoms with Gasteiger partial charge in [0.2, 0.25) is 0 Å². The van der Waals surface area contributed by atoms with E-state index >= 15 is 0 Å². The number of rotatable bonds is 10. The molecule has 0 saturated heterocycles. The molecule has 4 rings (SSSR count). The molecule has 1 heterocycles. The van der Waals surface area contributed by atoms with E-state index < -0.39 is 24.0 Å². The van der Waals surface area contributed by atoms with Gasteiger partial charge in [0.05, 0.1) is 0 Å². The van der Waals surface area contributed by atoms with Crippen LogP contribution in [0.15, 0.2) is 58.7 Å². The normalized spacial score (nSPS) is 15.5. The summed E-state index contributed by atoms with van der Waals surface area (Å²) in [6.45, 7) is 15.1. The third-order valence-electron chi connectivity index (χ3n) is 6.85. The molecule has 0 bridgehead atoms. The molecule has 2 aromatic rings. The summed E-state index contributed by atoms with van der Waals surface area (Å²) >= 11 is -2.51. The third kappa shape index (κ3) is 12.3.